The molecule has 0 saturated carbocycles. The van der Waals surface area contributed by atoms with Gasteiger partial charge in [0.05, 0.1) is 12.8 Å². The fraction of sp³-hybridized carbons (Fsp3) is 0.571. The normalized spacial score (nSPS) is 11.4. The molecule has 1 aromatic carbocycles. The minimum Gasteiger partial charge on any atom is -0.495 e. The number of hydrogen-bond donors (Lipinski definition) is 2. The fourth-order valence-electron chi connectivity index (χ4n) is 1.62. The number of ether oxygens (including phenoxy) is 1. The topological polar surface area (TPSA) is 47.3 Å². The molecule has 0 fully saturated rings. The number of nitrogens with two attached hydrogens (primary N) is 1. The van der Waals surface area contributed by atoms with Crippen molar-refractivity contribution in [2.24, 2.45) is 5.73 Å². The minimum absolute atomic E-state index is 0.139. The van der Waals surface area contributed by atoms with E-state index in [-0.39, 0.29) is 5.54 Å². The van der Waals surface area contributed by atoms with Crippen LogP contribution in [0.1, 0.15) is 31.4 Å². The molecule has 0 atom stereocenters. The van der Waals surface area contributed by atoms with Crippen LogP contribution >= 0.6 is 0 Å². The van der Waals surface area contributed by atoms with Gasteiger partial charge in [-0.05, 0) is 57.4 Å². The van der Waals surface area contributed by atoms with Crippen molar-refractivity contribution < 1.29 is 4.74 Å². The van der Waals surface area contributed by atoms with Crippen molar-refractivity contribution in [1.82, 2.24) is 0 Å². The molecule has 3 N–H and O–H groups in total. The monoisotopic (exact) mass is 236 g/mol. The Hall–Kier alpha value is -1.22. The van der Waals surface area contributed by atoms with Crippen LogP contribution in [0.25, 0.3) is 0 Å². The summed E-state index contributed by atoms with van der Waals surface area (Å²) in [6.45, 7) is 9.11. The largest absolute Gasteiger partial charge is 0.495 e. The van der Waals surface area contributed by atoms with Gasteiger partial charge in [-0.25, -0.2) is 0 Å². The Labute approximate surface area is 104 Å². The number of aryl methyl sites for hydroxylation is 2. The molecule has 0 heterocycles. The molecule has 1 aromatic rings. The average Bonchev–Trinajstić information content (AvgIpc) is 2.21. The van der Waals surface area contributed by atoms with Crippen LogP contribution < -0.4 is 15.8 Å². The van der Waals surface area contributed by atoms with Gasteiger partial charge in [0.2, 0.25) is 0 Å². The van der Waals surface area contributed by atoms with Gasteiger partial charge in [0.15, 0.2) is 0 Å². The SMILES string of the molecule is COc1cc(C)c(C)cc1NCCC(C)(C)N. The van der Waals surface area contributed by atoms with Gasteiger partial charge < -0.3 is 15.8 Å². The van der Waals surface area contributed by atoms with Gasteiger partial charge in [-0.1, -0.05) is 0 Å². The lowest BCUT2D eigenvalue weighted by atomic mass is 10.0. The molecular weight excluding hydrogens is 212 g/mol. The van der Waals surface area contributed by atoms with Gasteiger partial charge in [-0.3, -0.25) is 0 Å². The first-order valence-electron chi connectivity index (χ1n) is 6.01. The van der Waals surface area contributed by atoms with Crippen LogP contribution in [-0.2, 0) is 0 Å². The van der Waals surface area contributed by atoms with Crippen LogP contribution in [0, 0.1) is 13.8 Å². The highest BCUT2D eigenvalue weighted by atomic mass is 16.5. The van der Waals surface area contributed by atoms with Crippen molar-refractivity contribution in [2.75, 3.05) is 19.0 Å². The highest BCUT2D eigenvalue weighted by Crippen LogP contribution is 2.28. The van der Waals surface area contributed by atoms with Crippen molar-refractivity contribution in [3.63, 3.8) is 0 Å². The van der Waals surface area contributed by atoms with E-state index in [1.165, 1.54) is 11.1 Å². The molecule has 0 unspecified atom stereocenters. The number of nitrogens with one attached hydrogen (secondary N) is 1. The molecule has 3 nitrogen and oxygen atoms in total. The molecule has 0 bridgehead atoms. The standard InChI is InChI=1S/C14H24N2O/c1-10-8-12(13(17-5)9-11(10)2)16-7-6-14(3,4)15/h8-9,16H,6-7,15H2,1-5H3. The number of anilines is 1. The molecule has 0 aliphatic rings. The van der Waals surface area contributed by atoms with Gasteiger partial charge in [0.1, 0.15) is 5.75 Å². The van der Waals surface area contributed by atoms with E-state index < -0.39 is 0 Å². The summed E-state index contributed by atoms with van der Waals surface area (Å²) in [6.07, 6.45) is 0.920. The van der Waals surface area contributed by atoms with Crippen molar-refractivity contribution in [3.05, 3.63) is 23.3 Å². The zero-order valence-corrected chi connectivity index (χ0v) is 11.6. The highest BCUT2D eigenvalue weighted by Gasteiger charge is 2.11. The molecule has 0 amide bonds. The molecule has 0 radical (unpaired) electrons. The molecule has 3 heteroatoms. The first-order chi connectivity index (χ1) is 7.83. The van der Waals surface area contributed by atoms with Crippen molar-refractivity contribution in [1.29, 1.82) is 0 Å². The molecule has 0 aromatic heterocycles. The number of rotatable bonds is 5. The number of benzene rings is 1. The average molecular weight is 236 g/mol. The molecule has 96 valence electrons. The molecular formula is C14H24N2O. The van der Waals surface area contributed by atoms with Gasteiger partial charge >= 0.3 is 0 Å². The molecule has 0 aliphatic carbocycles. The quantitative estimate of drug-likeness (QED) is 0.826. The van der Waals surface area contributed by atoms with Crippen LogP contribution in [0.2, 0.25) is 0 Å². The zero-order valence-electron chi connectivity index (χ0n) is 11.6. The van der Waals surface area contributed by atoms with Crippen molar-refractivity contribution in [3.8, 4) is 5.75 Å². The number of hydrogen-bond acceptors (Lipinski definition) is 3. The third-order valence-electron chi connectivity index (χ3n) is 2.90. The summed E-state index contributed by atoms with van der Waals surface area (Å²) in [7, 11) is 1.70. The van der Waals surface area contributed by atoms with Gasteiger partial charge in [0, 0.05) is 12.1 Å². The molecule has 0 saturated heterocycles. The Morgan fingerprint density at radius 2 is 1.82 bits per heavy atom. The van der Waals surface area contributed by atoms with Gasteiger partial charge in [-0.15, -0.1) is 0 Å². The zero-order chi connectivity index (χ0) is 13.1. The van der Waals surface area contributed by atoms with Crippen LogP contribution in [0.5, 0.6) is 5.75 Å². The molecule has 17 heavy (non-hydrogen) atoms. The van der Waals surface area contributed by atoms with E-state index in [1.54, 1.807) is 7.11 Å². The Morgan fingerprint density at radius 3 is 2.35 bits per heavy atom. The van der Waals surface area contributed by atoms with E-state index in [0.29, 0.717) is 0 Å². The fourth-order valence-corrected chi connectivity index (χ4v) is 1.62. The maximum absolute atomic E-state index is 5.95. The lowest BCUT2D eigenvalue weighted by Crippen LogP contribution is -2.34. The van der Waals surface area contributed by atoms with E-state index in [9.17, 15) is 0 Å². The van der Waals surface area contributed by atoms with Gasteiger partial charge in [0.25, 0.3) is 0 Å². The predicted molar refractivity (Wildman–Crippen MR) is 73.8 cm³/mol. The molecule has 0 spiro atoms. The lowest BCUT2D eigenvalue weighted by Gasteiger charge is -2.20. The smallest absolute Gasteiger partial charge is 0.142 e. The second-order valence-electron chi connectivity index (χ2n) is 5.30. The summed E-state index contributed by atoms with van der Waals surface area (Å²) in [6, 6.07) is 4.18. The van der Waals surface area contributed by atoms with Crippen LogP contribution in [0.15, 0.2) is 12.1 Å². The van der Waals surface area contributed by atoms with E-state index in [2.05, 4.69) is 31.3 Å². The number of methoxy groups -OCH3 is 1. The third kappa shape index (κ3) is 4.27. The maximum atomic E-state index is 5.95. The Bertz CT molecular complexity index is 381. The van der Waals surface area contributed by atoms with E-state index >= 15 is 0 Å². The van der Waals surface area contributed by atoms with Crippen LogP contribution in [0.4, 0.5) is 5.69 Å². The Kier molecular flexibility index (Phi) is 4.40. The molecule has 0 aliphatic heterocycles. The van der Waals surface area contributed by atoms with E-state index in [4.69, 9.17) is 10.5 Å². The summed E-state index contributed by atoms with van der Waals surface area (Å²) in [4.78, 5) is 0. The lowest BCUT2D eigenvalue weighted by molar-refractivity contribution is 0.415. The minimum atomic E-state index is -0.139. The summed E-state index contributed by atoms with van der Waals surface area (Å²) >= 11 is 0. The summed E-state index contributed by atoms with van der Waals surface area (Å²) in [5.41, 5.74) is 9.36. The molecule has 1 rings (SSSR count). The first kappa shape index (κ1) is 13.8. The van der Waals surface area contributed by atoms with E-state index in [1.807, 2.05) is 13.8 Å². The van der Waals surface area contributed by atoms with Crippen molar-refractivity contribution >= 4 is 5.69 Å². The van der Waals surface area contributed by atoms with Crippen molar-refractivity contribution in [2.45, 2.75) is 39.7 Å². The summed E-state index contributed by atoms with van der Waals surface area (Å²) < 4.78 is 5.37. The maximum Gasteiger partial charge on any atom is 0.142 e. The first-order valence-corrected chi connectivity index (χ1v) is 6.01. The van der Waals surface area contributed by atoms with Crippen LogP contribution in [-0.4, -0.2) is 19.2 Å². The highest BCUT2D eigenvalue weighted by molar-refractivity contribution is 5.60. The van der Waals surface area contributed by atoms with E-state index in [0.717, 1.165) is 24.4 Å². The third-order valence-corrected chi connectivity index (χ3v) is 2.90. The van der Waals surface area contributed by atoms with Crippen LogP contribution in [0.3, 0.4) is 0 Å². The Balaban J connectivity index is 2.73. The Morgan fingerprint density at radius 1 is 1.24 bits per heavy atom. The summed E-state index contributed by atoms with van der Waals surface area (Å²) in [5, 5.41) is 3.38. The second kappa shape index (κ2) is 5.41. The van der Waals surface area contributed by atoms with Gasteiger partial charge in [-0.2, -0.15) is 0 Å². The second-order valence-corrected chi connectivity index (χ2v) is 5.30. The predicted octanol–water partition coefficient (Wildman–Crippen LogP) is 2.85. The summed E-state index contributed by atoms with van der Waals surface area (Å²) in [5.74, 6) is 0.892.